The van der Waals surface area contributed by atoms with Crippen molar-refractivity contribution < 1.29 is 4.79 Å². The second kappa shape index (κ2) is 7.30. The molecule has 1 N–H and O–H groups in total. The maximum Gasteiger partial charge on any atom is 0.270 e. The van der Waals surface area contributed by atoms with Crippen LogP contribution in [0.4, 0.5) is 0 Å². The van der Waals surface area contributed by atoms with Gasteiger partial charge in [0, 0.05) is 29.3 Å². The van der Waals surface area contributed by atoms with Crippen molar-refractivity contribution in [2.75, 3.05) is 6.54 Å². The van der Waals surface area contributed by atoms with Crippen molar-refractivity contribution in [2.45, 2.75) is 6.42 Å². The van der Waals surface area contributed by atoms with E-state index < -0.39 is 0 Å². The molecule has 0 unspecified atom stereocenters. The Hall–Kier alpha value is -2.31. The number of aromatic nitrogens is 3. The van der Waals surface area contributed by atoms with Gasteiger partial charge in [0.25, 0.3) is 5.91 Å². The summed E-state index contributed by atoms with van der Waals surface area (Å²) < 4.78 is 0. The Labute approximate surface area is 142 Å². The lowest BCUT2D eigenvalue weighted by Crippen LogP contribution is -2.25. The average molecular weight is 345 g/mol. The molecular formula is C16H13ClN4OS. The molecule has 7 heteroatoms. The van der Waals surface area contributed by atoms with E-state index in [1.807, 2.05) is 24.3 Å². The lowest BCUT2D eigenvalue weighted by atomic mass is 10.1. The molecule has 1 amide bonds. The van der Waals surface area contributed by atoms with Crippen LogP contribution in [0.15, 0.2) is 48.1 Å². The predicted octanol–water partition coefficient (Wildman–Crippen LogP) is 3.23. The van der Waals surface area contributed by atoms with Gasteiger partial charge in [0.1, 0.15) is 5.69 Å². The molecule has 0 aliphatic carbocycles. The number of rotatable bonds is 5. The van der Waals surface area contributed by atoms with Gasteiger partial charge in [-0.1, -0.05) is 23.7 Å². The summed E-state index contributed by atoms with van der Waals surface area (Å²) in [4.78, 5) is 24.6. The summed E-state index contributed by atoms with van der Waals surface area (Å²) in [6.07, 6.45) is 4.03. The zero-order chi connectivity index (χ0) is 16.1. The van der Waals surface area contributed by atoms with Crippen molar-refractivity contribution in [2.24, 2.45) is 0 Å². The van der Waals surface area contributed by atoms with Gasteiger partial charge in [-0.3, -0.25) is 4.79 Å². The smallest absolute Gasteiger partial charge is 0.270 e. The molecule has 2 aromatic heterocycles. The van der Waals surface area contributed by atoms with Crippen molar-refractivity contribution in [1.29, 1.82) is 0 Å². The topological polar surface area (TPSA) is 67.8 Å². The van der Waals surface area contributed by atoms with Gasteiger partial charge in [0.15, 0.2) is 10.8 Å². The molecule has 3 aromatic rings. The Morgan fingerprint density at radius 2 is 1.91 bits per heavy atom. The lowest BCUT2D eigenvalue weighted by molar-refractivity contribution is 0.0950. The third-order valence-electron chi connectivity index (χ3n) is 3.11. The van der Waals surface area contributed by atoms with E-state index in [0.717, 1.165) is 12.0 Å². The maximum atomic E-state index is 12.1. The zero-order valence-electron chi connectivity index (χ0n) is 12.1. The first-order valence-electron chi connectivity index (χ1n) is 6.98. The van der Waals surface area contributed by atoms with Crippen LogP contribution in [0.3, 0.4) is 0 Å². The molecule has 0 saturated carbocycles. The Morgan fingerprint density at radius 1 is 1.17 bits per heavy atom. The van der Waals surface area contributed by atoms with Crippen molar-refractivity contribution in [3.05, 3.63) is 64.4 Å². The van der Waals surface area contributed by atoms with Crippen molar-refractivity contribution >= 4 is 28.8 Å². The second-order valence-corrected chi connectivity index (χ2v) is 6.04. The highest BCUT2D eigenvalue weighted by Crippen LogP contribution is 2.19. The van der Waals surface area contributed by atoms with E-state index >= 15 is 0 Å². The van der Waals surface area contributed by atoms with Crippen LogP contribution in [0.2, 0.25) is 5.02 Å². The number of hydrogen-bond donors (Lipinski definition) is 1. The molecule has 3 rings (SSSR count). The first-order valence-corrected chi connectivity index (χ1v) is 8.24. The van der Waals surface area contributed by atoms with Gasteiger partial charge >= 0.3 is 0 Å². The normalized spacial score (nSPS) is 10.5. The van der Waals surface area contributed by atoms with Crippen LogP contribution in [0.1, 0.15) is 16.1 Å². The van der Waals surface area contributed by atoms with Crippen LogP contribution in [0, 0.1) is 0 Å². The summed E-state index contributed by atoms with van der Waals surface area (Å²) in [6.45, 7) is 0.537. The highest BCUT2D eigenvalue weighted by Gasteiger charge is 2.12. The molecule has 0 radical (unpaired) electrons. The van der Waals surface area contributed by atoms with E-state index in [1.165, 1.54) is 11.3 Å². The first kappa shape index (κ1) is 15.6. The van der Waals surface area contributed by atoms with Crippen LogP contribution < -0.4 is 5.32 Å². The van der Waals surface area contributed by atoms with Gasteiger partial charge in [-0.15, -0.1) is 11.3 Å². The third-order valence-corrected chi connectivity index (χ3v) is 4.20. The fraction of sp³-hybridized carbons (Fsp3) is 0.125. The zero-order valence-corrected chi connectivity index (χ0v) is 13.6. The number of halogens is 1. The molecular weight excluding hydrogens is 332 g/mol. The fourth-order valence-electron chi connectivity index (χ4n) is 1.95. The monoisotopic (exact) mass is 344 g/mol. The Morgan fingerprint density at radius 3 is 2.65 bits per heavy atom. The number of carbonyl (C=O) groups is 1. The molecule has 0 atom stereocenters. The van der Waals surface area contributed by atoms with Crippen molar-refractivity contribution in [1.82, 2.24) is 20.3 Å². The van der Waals surface area contributed by atoms with Gasteiger partial charge in [-0.05, 0) is 30.2 Å². The molecule has 0 spiro atoms. The van der Waals surface area contributed by atoms with Gasteiger partial charge in [0.2, 0.25) is 0 Å². The highest BCUT2D eigenvalue weighted by molar-refractivity contribution is 7.13. The van der Waals surface area contributed by atoms with E-state index in [2.05, 4.69) is 20.3 Å². The van der Waals surface area contributed by atoms with Crippen LogP contribution in [0.5, 0.6) is 0 Å². The quantitative estimate of drug-likeness (QED) is 0.771. The van der Waals surface area contributed by atoms with Gasteiger partial charge in [0.05, 0.1) is 0 Å². The maximum absolute atomic E-state index is 12.1. The van der Waals surface area contributed by atoms with Crippen LogP contribution >= 0.6 is 22.9 Å². The number of benzene rings is 1. The molecule has 0 saturated heterocycles. The van der Waals surface area contributed by atoms with E-state index in [9.17, 15) is 4.79 Å². The number of amides is 1. The summed E-state index contributed by atoms with van der Waals surface area (Å²) in [6, 6.07) is 9.31. The molecule has 1 aromatic carbocycles. The van der Waals surface area contributed by atoms with E-state index in [0.29, 0.717) is 28.1 Å². The van der Waals surface area contributed by atoms with Crippen LogP contribution in [-0.2, 0) is 6.42 Å². The van der Waals surface area contributed by atoms with Crippen LogP contribution in [0.25, 0.3) is 10.8 Å². The van der Waals surface area contributed by atoms with Crippen molar-refractivity contribution in [3.8, 4) is 10.8 Å². The molecule has 5 nitrogen and oxygen atoms in total. The van der Waals surface area contributed by atoms with Gasteiger partial charge in [-0.25, -0.2) is 15.0 Å². The van der Waals surface area contributed by atoms with E-state index in [-0.39, 0.29) is 5.91 Å². The molecule has 0 bridgehead atoms. The number of carbonyl (C=O) groups excluding carboxylic acids is 1. The summed E-state index contributed by atoms with van der Waals surface area (Å²) in [7, 11) is 0. The molecule has 2 heterocycles. The summed E-state index contributed by atoms with van der Waals surface area (Å²) in [5.41, 5.74) is 1.50. The summed E-state index contributed by atoms with van der Waals surface area (Å²) in [5.74, 6) is 0.329. The molecule has 0 fully saturated rings. The molecule has 116 valence electrons. The number of nitrogens with zero attached hydrogens (tertiary/aromatic N) is 3. The van der Waals surface area contributed by atoms with Crippen molar-refractivity contribution in [3.63, 3.8) is 0 Å². The fourth-order valence-corrected chi connectivity index (χ4v) is 2.82. The highest BCUT2D eigenvalue weighted by atomic mass is 35.5. The Kier molecular flexibility index (Phi) is 4.95. The molecule has 0 aliphatic heterocycles. The average Bonchev–Trinajstić information content (AvgIpc) is 3.07. The summed E-state index contributed by atoms with van der Waals surface area (Å²) in [5, 5.41) is 5.91. The van der Waals surface area contributed by atoms with Gasteiger partial charge in [-0.2, -0.15) is 0 Å². The van der Waals surface area contributed by atoms with E-state index in [4.69, 9.17) is 11.6 Å². The predicted molar refractivity (Wildman–Crippen MR) is 90.6 cm³/mol. The Balaban J connectivity index is 1.56. The first-order chi connectivity index (χ1) is 11.2. The number of thiazole rings is 1. The van der Waals surface area contributed by atoms with Crippen LogP contribution in [-0.4, -0.2) is 27.4 Å². The molecule has 0 aliphatic rings. The minimum absolute atomic E-state index is 0.197. The lowest BCUT2D eigenvalue weighted by Gasteiger charge is -2.03. The second-order valence-electron chi connectivity index (χ2n) is 4.74. The van der Waals surface area contributed by atoms with Gasteiger partial charge < -0.3 is 5.32 Å². The van der Waals surface area contributed by atoms with E-state index in [1.54, 1.807) is 23.8 Å². The standard InChI is InChI=1S/C16H13ClN4OS/c17-12-4-2-11(3-5-12)6-9-20-15(22)13-10-23-16(21-13)14-18-7-1-8-19-14/h1-5,7-8,10H,6,9H2,(H,20,22). The minimum Gasteiger partial charge on any atom is -0.350 e. The minimum atomic E-state index is -0.197. The SMILES string of the molecule is O=C(NCCc1ccc(Cl)cc1)c1csc(-c2ncccn2)n1. The largest absolute Gasteiger partial charge is 0.350 e. The number of hydrogen-bond acceptors (Lipinski definition) is 5. The summed E-state index contributed by atoms with van der Waals surface area (Å²) >= 11 is 7.19. The number of nitrogens with one attached hydrogen (secondary N) is 1. The third kappa shape index (κ3) is 4.12. The molecule has 23 heavy (non-hydrogen) atoms. The Bertz CT molecular complexity index is 789.